The fourth-order valence-corrected chi connectivity index (χ4v) is 4.37. The van der Waals surface area contributed by atoms with E-state index >= 15 is 0 Å². The van der Waals surface area contributed by atoms with E-state index in [1.807, 2.05) is 0 Å². The Hall–Kier alpha value is -1.11. The lowest BCUT2D eigenvalue weighted by Crippen LogP contribution is -2.41. The van der Waals surface area contributed by atoms with Crippen LogP contribution in [-0.2, 0) is 10.0 Å². The van der Waals surface area contributed by atoms with E-state index in [9.17, 15) is 8.42 Å². The Balaban J connectivity index is 1.95. The number of nitrogens with zero attached hydrogens (tertiary/aromatic N) is 1. The highest BCUT2D eigenvalue weighted by molar-refractivity contribution is 7.89. The van der Waals surface area contributed by atoms with Crippen molar-refractivity contribution in [2.75, 3.05) is 26.7 Å². The molecule has 130 valence electrons. The lowest BCUT2D eigenvalue weighted by molar-refractivity contribution is 0.151. The third-order valence-corrected chi connectivity index (χ3v) is 6.20. The topological polar surface area (TPSA) is 58.6 Å². The Morgan fingerprint density at radius 3 is 2.48 bits per heavy atom. The molecule has 1 heterocycles. The first-order valence-electron chi connectivity index (χ1n) is 8.22. The van der Waals surface area contributed by atoms with E-state index < -0.39 is 10.0 Å². The summed E-state index contributed by atoms with van der Waals surface area (Å²) in [6.45, 7) is 8.81. The van der Waals surface area contributed by atoms with Gasteiger partial charge in [-0.1, -0.05) is 0 Å². The Morgan fingerprint density at radius 2 is 1.96 bits per heavy atom. The van der Waals surface area contributed by atoms with Crippen molar-refractivity contribution in [3.05, 3.63) is 23.8 Å². The molecule has 0 aliphatic carbocycles. The predicted octanol–water partition coefficient (Wildman–Crippen LogP) is 2.40. The van der Waals surface area contributed by atoms with E-state index in [0.29, 0.717) is 34.7 Å². The molecule has 6 heteroatoms. The molecule has 1 fully saturated rings. The molecule has 0 aromatic heterocycles. The maximum Gasteiger partial charge on any atom is 0.240 e. The van der Waals surface area contributed by atoms with Gasteiger partial charge in [0.1, 0.15) is 5.75 Å². The van der Waals surface area contributed by atoms with Crippen molar-refractivity contribution >= 4 is 10.0 Å². The fraction of sp³-hybridized carbons (Fsp3) is 0.647. The van der Waals surface area contributed by atoms with Gasteiger partial charge in [-0.15, -0.1) is 0 Å². The fourth-order valence-electron chi connectivity index (χ4n) is 3.03. The molecule has 1 aromatic carbocycles. The molecular weight excluding hydrogens is 312 g/mol. The van der Waals surface area contributed by atoms with Crippen molar-refractivity contribution in [3.8, 4) is 5.75 Å². The number of benzene rings is 1. The van der Waals surface area contributed by atoms with Crippen LogP contribution in [0.2, 0.25) is 0 Å². The first kappa shape index (κ1) is 18.2. The van der Waals surface area contributed by atoms with Crippen molar-refractivity contribution in [1.29, 1.82) is 0 Å². The zero-order valence-corrected chi connectivity index (χ0v) is 15.3. The van der Waals surface area contributed by atoms with Crippen molar-refractivity contribution in [3.63, 3.8) is 0 Å². The summed E-state index contributed by atoms with van der Waals surface area (Å²) in [6, 6.07) is 5.60. The van der Waals surface area contributed by atoms with Crippen molar-refractivity contribution in [1.82, 2.24) is 9.62 Å². The van der Waals surface area contributed by atoms with E-state index in [1.165, 1.54) is 0 Å². The smallest absolute Gasteiger partial charge is 0.240 e. The molecule has 2 rings (SSSR count). The van der Waals surface area contributed by atoms with Crippen LogP contribution in [0, 0.1) is 12.8 Å². The number of methoxy groups -OCH3 is 1. The van der Waals surface area contributed by atoms with Crippen LogP contribution in [0.4, 0.5) is 0 Å². The van der Waals surface area contributed by atoms with Crippen LogP contribution < -0.4 is 9.46 Å². The second-order valence-electron chi connectivity index (χ2n) is 6.56. The minimum Gasteiger partial charge on any atom is -0.497 e. The van der Waals surface area contributed by atoms with Gasteiger partial charge in [-0.25, -0.2) is 13.1 Å². The summed E-state index contributed by atoms with van der Waals surface area (Å²) in [4.78, 5) is 2.77. The van der Waals surface area contributed by atoms with Gasteiger partial charge in [0.25, 0.3) is 0 Å². The minimum atomic E-state index is -3.46. The molecule has 0 radical (unpaired) electrons. The second-order valence-corrected chi connectivity index (χ2v) is 8.29. The molecule has 0 unspecified atom stereocenters. The molecule has 0 bridgehead atoms. The zero-order valence-electron chi connectivity index (χ0n) is 14.5. The Kier molecular flexibility index (Phi) is 6.06. The number of ether oxygens (including phenoxy) is 1. The highest BCUT2D eigenvalue weighted by atomic mass is 32.2. The van der Waals surface area contributed by atoms with E-state index in [4.69, 9.17) is 4.74 Å². The normalized spacial score (nSPS) is 17.6. The SMILES string of the molecule is COc1ccc(S(=O)(=O)NCC2CCN(C(C)C)CC2)c(C)c1. The Bertz CT molecular complexity index is 621. The molecule has 1 N–H and O–H groups in total. The minimum absolute atomic E-state index is 0.331. The number of nitrogens with one attached hydrogen (secondary N) is 1. The number of sulfonamides is 1. The third kappa shape index (κ3) is 4.68. The molecule has 1 aliphatic rings. The number of rotatable bonds is 6. The Morgan fingerprint density at radius 1 is 1.30 bits per heavy atom. The average molecular weight is 340 g/mol. The van der Waals surface area contributed by atoms with Crippen molar-refractivity contribution in [2.24, 2.45) is 5.92 Å². The third-order valence-electron chi connectivity index (χ3n) is 4.61. The molecule has 0 spiro atoms. The largest absolute Gasteiger partial charge is 0.497 e. The van der Waals surface area contributed by atoms with Gasteiger partial charge in [0.2, 0.25) is 10.0 Å². The summed E-state index contributed by atoms with van der Waals surface area (Å²) in [7, 11) is -1.89. The summed E-state index contributed by atoms with van der Waals surface area (Å²) in [6.07, 6.45) is 2.09. The van der Waals surface area contributed by atoms with E-state index in [2.05, 4.69) is 23.5 Å². The summed E-state index contributed by atoms with van der Waals surface area (Å²) >= 11 is 0. The van der Waals surface area contributed by atoms with Gasteiger partial charge in [-0.2, -0.15) is 0 Å². The second kappa shape index (κ2) is 7.64. The summed E-state index contributed by atoms with van der Waals surface area (Å²) in [5, 5.41) is 0. The molecule has 5 nitrogen and oxygen atoms in total. The average Bonchev–Trinajstić information content (AvgIpc) is 2.53. The van der Waals surface area contributed by atoms with Crippen molar-refractivity contribution < 1.29 is 13.2 Å². The summed E-state index contributed by atoms with van der Waals surface area (Å²) in [5.41, 5.74) is 0.700. The first-order valence-corrected chi connectivity index (χ1v) is 9.70. The lowest BCUT2D eigenvalue weighted by Gasteiger charge is -2.34. The maximum absolute atomic E-state index is 12.5. The maximum atomic E-state index is 12.5. The van der Waals surface area contributed by atoms with Crippen LogP contribution in [-0.4, -0.2) is 46.1 Å². The highest BCUT2D eigenvalue weighted by Crippen LogP contribution is 2.22. The van der Waals surface area contributed by atoms with Gasteiger partial charge in [0.15, 0.2) is 0 Å². The van der Waals surface area contributed by atoms with Crippen LogP contribution in [0.25, 0.3) is 0 Å². The molecule has 0 amide bonds. The van der Waals surface area contributed by atoms with Crippen LogP contribution in [0.5, 0.6) is 5.75 Å². The van der Waals surface area contributed by atoms with Crippen molar-refractivity contribution in [2.45, 2.75) is 44.6 Å². The quantitative estimate of drug-likeness (QED) is 0.864. The molecule has 1 aliphatic heterocycles. The highest BCUT2D eigenvalue weighted by Gasteiger charge is 2.23. The standard InChI is InChI=1S/C17H28N2O3S/c1-13(2)19-9-7-15(8-10-19)12-18-23(20,21)17-6-5-16(22-4)11-14(17)3/h5-6,11,13,15,18H,7-10,12H2,1-4H3. The number of likely N-dealkylation sites (tertiary alicyclic amines) is 1. The lowest BCUT2D eigenvalue weighted by atomic mass is 9.96. The predicted molar refractivity (Wildman–Crippen MR) is 92.4 cm³/mol. The summed E-state index contributed by atoms with van der Waals surface area (Å²) in [5.74, 6) is 1.08. The molecule has 0 saturated carbocycles. The molecule has 23 heavy (non-hydrogen) atoms. The van der Waals surface area contributed by atoms with Gasteiger partial charge in [0, 0.05) is 12.6 Å². The number of hydrogen-bond acceptors (Lipinski definition) is 4. The first-order chi connectivity index (χ1) is 10.8. The van der Waals surface area contributed by atoms with Gasteiger partial charge in [0.05, 0.1) is 12.0 Å². The number of aryl methyl sites for hydroxylation is 1. The van der Waals surface area contributed by atoms with Gasteiger partial charge >= 0.3 is 0 Å². The van der Waals surface area contributed by atoms with E-state index in [-0.39, 0.29) is 0 Å². The van der Waals surface area contributed by atoms with Crippen LogP contribution in [0.15, 0.2) is 23.1 Å². The molecule has 0 atom stereocenters. The van der Waals surface area contributed by atoms with Crippen LogP contribution in [0.1, 0.15) is 32.3 Å². The number of hydrogen-bond donors (Lipinski definition) is 1. The molecule has 1 saturated heterocycles. The monoisotopic (exact) mass is 340 g/mol. The number of piperidine rings is 1. The van der Waals surface area contributed by atoms with E-state index in [1.54, 1.807) is 32.2 Å². The van der Waals surface area contributed by atoms with E-state index in [0.717, 1.165) is 25.9 Å². The van der Waals surface area contributed by atoms with Crippen LogP contribution >= 0.6 is 0 Å². The summed E-state index contributed by atoms with van der Waals surface area (Å²) < 4.78 is 32.9. The van der Waals surface area contributed by atoms with Crippen LogP contribution in [0.3, 0.4) is 0 Å². The van der Waals surface area contributed by atoms with Gasteiger partial charge < -0.3 is 9.64 Å². The zero-order chi connectivity index (χ0) is 17.0. The Labute approximate surface area is 140 Å². The van der Waals surface area contributed by atoms with Gasteiger partial charge in [-0.05, 0) is 76.4 Å². The molecular formula is C17H28N2O3S. The van der Waals surface area contributed by atoms with Gasteiger partial charge in [-0.3, -0.25) is 0 Å². The molecule has 1 aromatic rings.